The first-order chi connectivity index (χ1) is 10.3. The molecule has 0 fully saturated rings. The highest BCUT2D eigenvalue weighted by Gasteiger charge is 2.14. The second-order valence-electron chi connectivity index (χ2n) is 5.15. The second kappa shape index (κ2) is 6.43. The van der Waals surface area contributed by atoms with E-state index in [1.807, 2.05) is 6.07 Å². The lowest BCUT2D eigenvalue weighted by Gasteiger charge is -2.11. The minimum absolute atomic E-state index is 0.543. The van der Waals surface area contributed by atoms with Crippen molar-refractivity contribution in [2.24, 2.45) is 0 Å². The topological polar surface area (TPSA) is 47.0 Å². The summed E-state index contributed by atoms with van der Waals surface area (Å²) in [5.74, 6) is 2.14. The molecule has 1 heterocycles. The van der Waals surface area contributed by atoms with Crippen LogP contribution in [0.1, 0.15) is 30.9 Å². The van der Waals surface area contributed by atoms with Crippen molar-refractivity contribution < 1.29 is 4.74 Å². The molecule has 0 saturated heterocycles. The number of anilines is 1. The number of hydrogen-bond donors (Lipinski definition) is 1. The van der Waals surface area contributed by atoms with Gasteiger partial charge in [-0.25, -0.2) is 9.97 Å². The van der Waals surface area contributed by atoms with Gasteiger partial charge < -0.3 is 10.1 Å². The fourth-order valence-corrected chi connectivity index (χ4v) is 2.94. The summed E-state index contributed by atoms with van der Waals surface area (Å²) < 4.78 is 6.68. The Morgan fingerprint density at radius 1 is 1.24 bits per heavy atom. The monoisotopic (exact) mass is 347 g/mol. The predicted molar refractivity (Wildman–Crippen MR) is 87.1 cm³/mol. The molecule has 0 amide bonds. The van der Waals surface area contributed by atoms with Crippen LogP contribution in [0.25, 0.3) is 0 Å². The quantitative estimate of drug-likeness (QED) is 0.873. The minimum atomic E-state index is 0.543. The Bertz CT molecular complexity index is 645. The molecule has 110 valence electrons. The van der Waals surface area contributed by atoms with Crippen LogP contribution >= 0.6 is 15.9 Å². The van der Waals surface area contributed by atoms with Gasteiger partial charge in [-0.2, -0.15) is 0 Å². The second-order valence-corrected chi connectivity index (χ2v) is 5.95. The third-order valence-corrected chi connectivity index (χ3v) is 4.30. The molecule has 3 rings (SSSR count). The smallest absolute Gasteiger partial charge is 0.238 e. The first-order valence-corrected chi connectivity index (χ1v) is 8.11. The van der Waals surface area contributed by atoms with Crippen molar-refractivity contribution in [1.82, 2.24) is 9.97 Å². The first kappa shape index (κ1) is 14.3. The molecule has 21 heavy (non-hydrogen) atoms. The third kappa shape index (κ3) is 3.18. The Kier molecular flexibility index (Phi) is 4.39. The average molecular weight is 348 g/mol. The maximum absolute atomic E-state index is 5.92. The van der Waals surface area contributed by atoms with Crippen LogP contribution < -0.4 is 10.1 Å². The molecule has 2 aromatic rings. The number of aryl methyl sites for hydroxylation is 2. The molecule has 1 aromatic carbocycles. The normalized spacial score (nSPS) is 13.0. The van der Waals surface area contributed by atoms with Gasteiger partial charge in [0.1, 0.15) is 22.4 Å². The average Bonchev–Trinajstić information content (AvgIpc) is 2.96. The summed E-state index contributed by atoms with van der Waals surface area (Å²) >= 11 is 3.52. The molecule has 5 heteroatoms. The Morgan fingerprint density at radius 3 is 2.95 bits per heavy atom. The maximum Gasteiger partial charge on any atom is 0.238 e. The van der Waals surface area contributed by atoms with E-state index in [0.717, 1.165) is 35.4 Å². The highest BCUT2D eigenvalue weighted by atomic mass is 79.9. The third-order valence-electron chi connectivity index (χ3n) is 3.58. The Hall–Kier alpha value is -1.62. The van der Waals surface area contributed by atoms with Gasteiger partial charge in [0.2, 0.25) is 5.88 Å². The Morgan fingerprint density at radius 2 is 2.10 bits per heavy atom. The highest BCUT2D eigenvalue weighted by Crippen LogP contribution is 2.33. The SMILES string of the molecule is CCCNc1ncnc(Oc2ccc3c(c2)CCC3)c1Br. The van der Waals surface area contributed by atoms with Gasteiger partial charge in [0.05, 0.1) is 0 Å². The van der Waals surface area contributed by atoms with Crippen molar-refractivity contribution in [3.8, 4) is 11.6 Å². The van der Waals surface area contributed by atoms with Crippen molar-refractivity contribution >= 4 is 21.7 Å². The van der Waals surface area contributed by atoms with Gasteiger partial charge >= 0.3 is 0 Å². The van der Waals surface area contributed by atoms with E-state index in [4.69, 9.17) is 4.74 Å². The number of ether oxygens (including phenoxy) is 1. The van der Waals surface area contributed by atoms with E-state index in [2.05, 4.69) is 50.3 Å². The molecular weight excluding hydrogens is 330 g/mol. The maximum atomic E-state index is 5.92. The summed E-state index contributed by atoms with van der Waals surface area (Å²) in [6.45, 7) is 2.98. The number of fused-ring (bicyclic) bond motifs is 1. The summed E-state index contributed by atoms with van der Waals surface area (Å²) in [5, 5.41) is 3.25. The molecule has 1 aromatic heterocycles. The van der Waals surface area contributed by atoms with Crippen LogP contribution in [-0.4, -0.2) is 16.5 Å². The Labute approximate surface area is 133 Å². The molecule has 0 bridgehead atoms. The molecule has 0 atom stereocenters. The highest BCUT2D eigenvalue weighted by molar-refractivity contribution is 9.10. The van der Waals surface area contributed by atoms with E-state index in [1.165, 1.54) is 30.3 Å². The van der Waals surface area contributed by atoms with Gasteiger partial charge in [-0.3, -0.25) is 0 Å². The predicted octanol–water partition coefficient (Wildman–Crippen LogP) is 4.34. The van der Waals surface area contributed by atoms with Crippen LogP contribution in [-0.2, 0) is 12.8 Å². The number of halogens is 1. The zero-order valence-electron chi connectivity index (χ0n) is 12.0. The van der Waals surface area contributed by atoms with Crippen molar-refractivity contribution in [2.45, 2.75) is 32.6 Å². The molecular formula is C16H18BrN3O. The molecule has 0 unspecified atom stereocenters. The first-order valence-electron chi connectivity index (χ1n) is 7.32. The van der Waals surface area contributed by atoms with Crippen LogP contribution in [0.2, 0.25) is 0 Å². The number of benzene rings is 1. The van der Waals surface area contributed by atoms with E-state index in [1.54, 1.807) is 0 Å². The van der Waals surface area contributed by atoms with Gasteiger partial charge in [0.15, 0.2) is 0 Å². The number of nitrogens with zero attached hydrogens (tertiary/aromatic N) is 2. The van der Waals surface area contributed by atoms with E-state index in [-0.39, 0.29) is 0 Å². The lowest BCUT2D eigenvalue weighted by Crippen LogP contribution is -2.04. The summed E-state index contributed by atoms with van der Waals surface area (Å²) in [6, 6.07) is 6.29. The van der Waals surface area contributed by atoms with Gasteiger partial charge in [-0.15, -0.1) is 0 Å². The van der Waals surface area contributed by atoms with E-state index in [0.29, 0.717) is 5.88 Å². The molecule has 0 spiro atoms. The fourth-order valence-electron chi connectivity index (χ4n) is 2.51. The largest absolute Gasteiger partial charge is 0.438 e. The van der Waals surface area contributed by atoms with Crippen LogP contribution in [0.4, 0.5) is 5.82 Å². The molecule has 0 radical (unpaired) electrons. The molecule has 0 aliphatic heterocycles. The Balaban J connectivity index is 1.81. The zero-order chi connectivity index (χ0) is 14.7. The summed E-state index contributed by atoms with van der Waals surface area (Å²) in [6.07, 6.45) is 6.11. The molecule has 1 aliphatic rings. The van der Waals surface area contributed by atoms with Crippen molar-refractivity contribution in [3.63, 3.8) is 0 Å². The molecule has 1 aliphatic carbocycles. The van der Waals surface area contributed by atoms with Crippen molar-refractivity contribution in [1.29, 1.82) is 0 Å². The van der Waals surface area contributed by atoms with Crippen molar-refractivity contribution in [3.05, 3.63) is 40.1 Å². The fraction of sp³-hybridized carbons (Fsp3) is 0.375. The van der Waals surface area contributed by atoms with Gasteiger partial charge in [-0.1, -0.05) is 13.0 Å². The lowest BCUT2D eigenvalue weighted by atomic mass is 10.1. The van der Waals surface area contributed by atoms with Crippen LogP contribution in [0.5, 0.6) is 11.6 Å². The number of hydrogen-bond acceptors (Lipinski definition) is 4. The number of nitrogens with one attached hydrogen (secondary N) is 1. The van der Waals surface area contributed by atoms with Gasteiger partial charge in [0, 0.05) is 6.54 Å². The van der Waals surface area contributed by atoms with E-state index in [9.17, 15) is 0 Å². The van der Waals surface area contributed by atoms with E-state index < -0.39 is 0 Å². The standard InChI is InChI=1S/C16H18BrN3O/c1-2-8-18-15-14(17)16(20-10-19-15)21-13-7-6-11-4-3-5-12(11)9-13/h6-7,9-10H,2-5,8H2,1H3,(H,18,19,20). The van der Waals surface area contributed by atoms with Crippen LogP contribution in [0, 0.1) is 0 Å². The molecule has 0 saturated carbocycles. The summed E-state index contributed by atoms with van der Waals surface area (Å²) in [7, 11) is 0. The molecule has 1 N–H and O–H groups in total. The van der Waals surface area contributed by atoms with E-state index >= 15 is 0 Å². The summed E-state index contributed by atoms with van der Waals surface area (Å²) in [4.78, 5) is 8.44. The number of aromatic nitrogens is 2. The minimum Gasteiger partial charge on any atom is -0.438 e. The summed E-state index contributed by atoms with van der Waals surface area (Å²) in [5.41, 5.74) is 2.83. The lowest BCUT2D eigenvalue weighted by molar-refractivity contribution is 0.458. The molecule has 4 nitrogen and oxygen atoms in total. The van der Waals surface area contributed by atoms with Crippen molar-refractivity contribution in [2.75, 3.05) is 11.9 Å². The van der Waals surface area contributed by atoms with Crippen LogP contribution in [0.15, 0.2) is 29.0 Å². The number of rotatable bonds is 5. The zero-order valence-corrected chi connectivity index (χ0v) is 13.6. The van der Waals surface area contributed by atoms with Crippen LogP contribution in [0.3, 0.4) is 0 Å². The van der Waals surface area contributed by atoms with Gasteiger partial charge in [-0.05, 0) is 64.9 Å². The van der Waals surface area contributed by atoms with Gasteiger partial charge in [0.25, 0.3) is 0 Å².